The average molecular weight is 477 g/mol. The molecular weight excluding hydrogens is 448 g/mol. The van der Waals surface area contributed by atoms with Gasteiger partial charge in [-0.2, -0.15) is 0 Å². The summed E-state index contributed by atoms with van der Waals surface area (Å²) in [5.74, 6) is 0.387. The molecule has 1 saturated heterocycles. The van der Waals surface area contributed by atoms with Crippen LogP contribution in [0.1, 0.15) is 62.2 Å². The molecule has 0 aliphatic carbocycles. The van der Waals surface area contributed by atoms with Crippen molar-refractivity contribution in [3.8, 4) is 0 Å². The largest absolute Gasteiger partial charge is 0.467 e. The molecule has 1 aliphatic heterocycles. The van der Waals surface area contributed by atoms with Crippen molar-refractivity contribution in [1.82, 2.24) is 14.8 Å². The molecule has 182 valence electrons. The number of carbonyl (C=O) groups excluding carboxylic acids is 2. The van der Waals surface area contributed by atoms with E-state index in [1.54, 1.807) is 42.2 Å². The number of aromatic nitrogens is 1. The van der Waals surface area contributed by atoms with E-state index < -0.39 is 4.92 Å². The molecule has 9 nitrogen and oxygen atoms in total. The number of furan rings is 1. The minimum absolute atomic E-state index is 0.0288. The highest BCUT2D eigenvalue weighted by Gasteiger charge is 2.30. The lowest BCUT2D eigenvalue weighted by Gasteiger charge is -2.33. The van der Waals surface area contributed by atoms with Gasteiger partial charge in [0.25, 0.3) is 17.5 Å². The van der Waals surface area contributed by atoms with Crippen LogP contribution in [-0.2, 0) is 6.54 Å². The second-order valence-corrected chi connectivity index (χ2v) is 8.95. The normalized spacial score (nSPS) is 14.1. The number of pyridine rings is 1. The summed E-state index contributed by atoms with van der Waals surface area (Å²) in [5, 5.41) is 11.2. The van der Waals surface area contributed by atoms with Gasteiger partial charge in [0, 0.05) is 49.4 Å². The molecule has 0 atom stereocenters. The van der Waals surface area contributed by atoms with E-state index in [0.29, 0.717) is 54.9 Å². The van der Waals surface area contributed by atoms with Gasteiger partial charge in [-0.05, 0) is 56.5 Å². The molecule has 1 aromatic carbocycles. The molecule has 4 rings (SSSR count). The van der Waals surface area contributed by atoms with Gasteiger partial charge in [-0.3, -0.25) is 24.7 Å². The van der Waals surface area contributed by atoms with Crippen LogP contribution in [0.5, 0.6) is 0 Å². The number of nitrogens with zero attached hydrogens (tertiary/aromatic N) is 4. The van der Waals surface area contributed by atoms with Crippen LogP contribution in [-0.4, -0.2) is 51.7 Å². The van der Waals surface area contributed by atoms with Gasteiger partial charge in [-0.25, -0.2) is 0 Å². The summed E-state index contributed by atoms with van der Waals surface area (Å²) in [4.78, 5) is 45.1. The first-order valence-corrected chi connectivity index (χ1v) is 11.5. The zero-order valence-electron chi connectivity index (χ0n) is 20.1. The van der Waals surface area contributed by atoms with Gasteiger partial charge >= 0.3 is 0 Å². The molecule has 2 amide bonds. The van der Waals surface area contributed by atoms with Gasteiger partial charge in [-0.15, -0.1) is 0 Å². The molecular formula is C26H28N4O5. The summed E-state index contributed by atoms with van der Waals surface area (Å²) < 4.78 is 5.37. The number of hydrogen-bond donors (Lipinski definition) is 0. The highest BCUT2D eigenvalue weighted by molar-refractivity contribution is 5.96. The molecule has 0 bridgehead atoms. The lowest BCUT2D eigenvalue weighted by atomic mass is 9.89. The Hall–Kier alpha value is -4.01. The average Bonchev–Trinajstić information content (AvgIpc) is 3.36. The van der Waals surface area contributed by atoms with Crippen molar-refractivity contribution >= 4 is 17.5 Å². The molecule has 0 radical (unpaired) electrons. The Morgan fingerprint density at radius 1 is 1.14 bits per heavy atom. The molecule has 3 heterocycles. The number of carbonyl (C=O) groups is 2. The van der Waals surface area contributed by atoms with Crippen LogP contribution < -0.4 is 0 Å². The first-order chi connectivity index (χ1) is 16.7. The molecule has 2 aromatic heterocycles. The van der Waals surface area contributed by atoms with E-state index in [1.165, 1.54) is 12.1 Å². The number of rotatable bonds is 6. The fraction of sp³-hybridized carbons (Fsp3) is 0.346. The standard InChI is InChI=1S/C26H28N4O5/c1-17-6-8-20(30(33)34)15-23(17)26(32)29-12-10-19(11-13-29)24-22(9-7-18(2)27-24)25(31)28(3)16-21-5-4-14-35-21/h4-9,14-15,19H,10-13,16H2,1-3H3. The van der Waals surface area contributed by atoms with E-state index >= 15 is 0 Å². The minimum Gasteiger partial charge on any atom is -0.467 e. The van der Waals surface area contributed by atoms with Crippen molar-refractivity contribution in [3.63, 3.8) is 0 Å². The number of nitro benzene ring substituents is 1. The molecule has 0 unspecified atom stereocenters. The Morgan fingerprint density at radius 3 is 2.54 bits per heavy atom. The van der Waals surface area contributed by atoms with Crippen LogP contribution in [0.25, 0.3) is 0 Å². The summed E-state index contributed by atoms with van der Waals surface area (Å²) >= 11 is 0. The molecule has 3 aromatic rings. The molecule has 0 spiro atoms. The van der Waals surface area contributed by atoms with Gasteiger partial charge in [0.05, 0.1) is 29.0 Å². The van der Waals surface area contributed by atoms with Crippen LogP contribution in [0.4, 0.5) is 5.69 Å². The van der Waals surface area contributed by atoms with Crippen LogP contribution in [0, 0.1) is 24.0 Å². The minimum atomic E-state index is -0.493. The van der Waals surface area contributed by atoms with Crippen molar-refractivity contribution in [1.29, 1.82) is 0 Å². The third kappa shape index (κ3) is 5.24. The number of non-ortho nitro benzene ring substituents is 1. The van der Waals surface area contributed by atoms with Crippen LogP contribution in [0.2, 0.25) is 0 Å². The highest BCUT2D eigenvalue weighted by Crippen LogP contribution is 2.31. The van der Waals surface area contributed by atoms with Crippen molar-refractivity contribution in [2.24, 2.45) is 0 Å². The van der Waals surface area contributed by atoms with E-state index in [9.17, 15) is 19.7 Å². The third-order valence-electron chi connectivity index (χ3n) is 6.45. The van der Waals surface area contributed by atoms with Gasteiger partial charge in [-0.1, -0.05) is 6.07 Å². The monoisotopic (exact) mass is 476 g/mol. The second-order valence-electron chi connectivity index (χ2n) is 8.95. The molecule has 35 heavy (non-hydrogen) atoms. The summed E-state index contributed by atoms with van der Waals surface area (Å²) in [6.45, 7) is 4.99. The number of benzene rings is 1. The van der Waals surface area contributed by atoms with E-state index in [0.717, 1.165) is 11.4 Å². The smallest absolute Gasteiger partial charge is 0.270 e. The SMILES string of the molecule is Cc1ccc(C(=O)N(C)Cc2ccco2)c(C2CCN(C(=O)c3cc([N+](=O)[O-])ccc3C)CC2)n1. The van der Waals surface area contributed by atoms with Crippen LogP contribution >= 0.6 is 0 Å². The summed E-state index contributed by atoms with van der Waals surface area (Å²) in [7, 11) is 1.73. The van der Waals surface area contributed by atoms with Crippen molar-refractivity contribution < 1.29 is 18.9 Å². The number of likely N-dealkylation sites (tertiary alicyclic amines) is 1. The highest BCUT2D eigenvalue weighted by atomic mass is 16.6. The predicted molar refractivity (Wildman–Crippen MR) is 129 cm³/mol. The maximum Gasteiger partial charge on any atom is 0.270 e. The number of aryl methyl sites for hydroxylation is 2. The Balaban J connectivity index is 1.49. The fourth-order valence-electron chi connectivity index (χ4n) is 4.46. The fourth-order valence-corrected chi connectivity index (χ4v) is 4.46. The summed E-state index contributed by atoms with van der Waals surface area (Å²) in [6.07, 6.45) is 2.88. The zero-order valence-corrected chi connectivity index (χ0v) is 20.1. The van der Waals surface area contributed by atoms with Gasteiger partial charge in [0.2, 0.25) is 0 Å². The second kappa shape index (κ2) is 10.1. The third-order valence-corrected chi connectivity index (χ3v) is 6.45. The van der Waals surface area contributed by atoms with E-state index in [4.69, 9.17) is 9.40 Å². The summed E-state index contributed by atoms with van der Waals surface area (Å²) in [6, 6.07) is 11.6. The zero-order chi connectivity index (χ0) is 25.1. The Bertz CT molecular complexity index is 1250. The van der Waals surface area contributed by atoms with Crippen LogP contribution in [0.15, 0.2) is 53.1 Å². The molecule has 0 N–H and O–H groups in total. The number of hydrogen-bond acceptors (Lipinski definition) is 6. The van der Waals surface area contributed by atoms with E-state index in [1.807, 2.05) is 25.1 Å². The molecule has 1 fully saturated rings. The van der Waals surface area contributed by atoms with E-state index in [-0.39, 0.29) is 23.4 Å². The number of amides is 2. The van der Waals surface area contributed by atoms with Crippen molar-refractivity contribution in [3.05, 3.63) is 92.7 Å². The summed E-state index contributed by atoms with van der Waals surface area (Å²) in [5.41, 5.74) is 3.09. The first kappa shape index (κ1) is 24.1. The maximum atomic E-state index is 13.3. The molecule has 9 heteroatoms. The van der Waals surface area contributed by atoms with Crippen LogP contribution in [0.3, 0.4) is 0 Å². The van der Waals surface area contributed by atoms with Crippen molar-refractivity contribution in [2.45, 2.75) is 39.2 Å². The topological polar surface area (TPSA) is 110 Å². The Kier molecular flexibility index (Phi) is 6.95. The lowest BCUT2D eigenvalue weighted by molar-refractivity contribution is -0.384. The van der Waals surface area contributed by atoms with Crippen molar-refractivity contribution in [2.75, 3.05) is 20.1 Å². The quantitative estimate of drug-likeness (QED) is 0.383. The number of nitro groups is 1. The van der Waals surface area contributed by atoms with Gasteiger partial charge in [0.1, 0.15) is 5.76 Å². The predicted octanol–water partition coefficient (Wildman–Crippen LogP) is 4.49. The van der Waals surface area contributed by atoms with Gasteiger partial charge < -0.3 is 14.2 Å². The Labute approximate surface area is 203 Å². The van der Waals surface area contributed by atoms with Gasteiger partial charge in [0.15, 0.2) is 0 Å². The Morgan fingerprint density at radius 2 is 1.89 bits per heavy atom. The molecule has 1 aliphatic rings. The molecule has 0 saturated carbocycles. The maximum absolute atomic E-state index is 13.3. The van der Waals surface area contributed by atoms with E-state index in [2.05, 4.69) is 0 Å². The first-order valence-electron chi connectivity index (χ1n) is 11.5. The lowest BCUT2D eigenvalue weighted by Crippen LogP contribution is -2.39. The number of piperidine rings is 1.